The van der Waals surface area contributed by atoms with Gasteiger partial charge in [0.15, 0.2) is 6.61 Å². The number of ether oxygens (including phenoxy) is 2. The minimum absolute atomic E-state index is 0.0976. The van der Waals surface area contributed by atoms with Crippen LogP contribution in [0.25, 0.3) is 0 Å². The highest BCUT2D eigenvalue weighted by Crippen LogP contribution is 2.42. The first-order chi connectivity index (χ1) is 13.9. The Balaban J connectivity index is 1.49. The predicted molar refractivity (Wildman–Crippen MR) is 106 cm³/mol. The summed E-state index contributed by atoms with van der Waals surface area (Å²) in [4.78, 5) is 10.7. The van der Waals surface area contributed by atoms with Gasteiger partial charge >= 0.3 is 5.97 Å². The Bertz CT molecular complexity index is 677. The smallest absolute Gasteiger partial charge is 0.303 e. The van der Waals surface area contributed by atoms with Crippen LogP contribution in [0.3, 0.4) is 0 Å². The number of hydrogen-bond acceptors (Lipinski definition) is 3. The fourth-order valence-electron chi connectivity index (χ4n) is 4.46. The maximum Gasteiger partial charge on any atom is 0.303 e. The molecule has 0 bridgehead atoms. The van der Waals surface area contributed by atoms with Gasteiger partial charge in [-0.15, -0.1) is 0 Å². The second kappa shape index (κ2) is 10.2. The molecule has 1 aliphatic carbocycles. The van der Waals surface area contributed by atoms with Crippen molar-refractivity contribution < 1.29 is 28.2 Å². The van der Waals surface area contributed by atoms with Crippen molar-refractivity contribution in [2.24, 2.45) is 17.8 Å². The van der Waals surface area contributed by atoms with Gasteiger partial charge in [0.1, 0.15) is 5.75 Å². The van der Waals surface area contributed by atoms with Gasteiger partial charge in [0, 0.05) is 13.0 Å². The summed E-state index contributed by atoms with van der Waals surface area (Å²) in [6, 6.07) is 8.65. The van der Waals surface area contributed by atoms with E-state index in [0.717, 1.165) is 38.2 Å². The average molecular weight is 408 g/mol. The molecule has 0 amide bonds. The van der Waals surface area contributed by atoms with Crippen LogP contribution < -0.4 is 4.74 Å². The molecule has 0 aromatic heterocycles. The summed E-state index contributed by atoms with van der Waals surface area (Å²) in [6.45, 7) is -0.0191. The highest BCUT2D eigenvalue weighted by atomic mass is 19.3. The van der Waals surface area contributed by atoms with E-state index in [1.54, 1.807) is 30.3 Å². The van der Waals surface area contributed by atoms with Crippen LogP contribution in [0, 0.1) is 17.8 Å². The number of aliphatic carboxylic acids is 1. The number of alkyl halides is 2. The Morgan fingerprint density at radius 2 is 2.00 bits per heavy atom. The fourth-order valence-corrected chi connectivity index (χ4v) is 4.46. The molecule has 3 rings (SSSR count). The fraction of sp³-hybridized carbons (Fsp3) is 0.609. The first-order valence-corrected chi connectivity index (χ1v) is 10.5. The van der Waals surface area contributed by atoms with Gasteiger partial charge < -0.3 is 14.6 Å². The molecular weight excluding hydrogens is 378 g/mol. The van der Waals surface area contributed by atoms with Crippen molar-refractivity contribution in [3.63, 3.8) is 0 Å². The van der Waals surface area contributed by atoms with Gasteiger partial charge in [-0.2, -0.15) is 8.78 Å². The van der Waals surface area contributed by atoms with Gasteiger partial charge in [-0.25, -0.2) is 0 Å². The predicted octanol–water partition coefficient (Wildman–Crippen LogP) is 5.33. The number of fused-ring (bicyclic) bond motifs is 1. The molecule has 1 aliphatic heterocycles. The van der Waals surface area contributed by atoms with E-state index in [1.807, 2.05) is 6.07 Å². The Labute approximate surface area is 170 Å². The van der Waals surface area contributed by atoms with E-state index >= 15 is 0 Å². The van der Waals surface area contributed by atoms with Crippen molar-refractivity contribution in [1.29, 1.82) is 0 Å². The molecular formula is C23H30F2O4. The van der Waals surface area contributed by atoms with Crippen LogP contribution >= 0.6 is 0 Å². The Kier molecular flexibility index (Phi) is 7.64. The molecule has 1 aromatic rings. The summed E-state index contributed by atoms with van der Waals surface area (Å²) < 4.78 is 39.8. The molecule has 2 aliphatic rings. The standard InChI is InChI=1S/C23H30F2O4/c24-23(25,16-29-19-6-2-1-3-7-19)14-13-18-10-12-21-20(18)11-9-17(15-28-21)5-4-8-22(26)27/h1-3,6-7,13-14,17-18,20-21H,4-5,8-12,15-16H2,(H,26,27)/b14-13+/t17-,18+,20+,21-/m0/s1. The molecule has 4 nitrogen and oxygen atoms in total. The molecule has 29 heavy (non-hydrogen) atoms. The number of hydrogen-bond donors (Lipinski definition) is 1. The largest absolute Gasteiger partial charge is 0.487 e. The number of carboxylic acids is 1. The number of rotatable bonds is 9. The number of halogens is 2. The number of allylic oxidation sites excluding steroid dienone is 1. The highest BCUT2D eigenvalue weighted by molar-refractivity contribution is 5.66. The molecule has 1 N–H and O–H groups in total. The molecule has 2 fully saturated rings. The second-order valence-corrected chi connectivity index (χ2v) is 8.23. The monoisotopic (exact) mass is 408 g/mol. The van der Waals surface area contributed by atoms with Crippen LogP contribution in [0.15, 0.2) is 42.5 Å². The third-order valence-electron chi connectivity index (χ3n) is 6.03. The van der Waals surface area contributed by atoms with Crippen LogP contribution in [-0.4, -0.2) is 36.3 Å². The summed E-state index contributed by atoms with van der Waals surface area (Å²) in [5.41, 5.74) is 0. The molecule has 0 spiro atoms. The van der Waals surface area contributed by atoms with Crippen LogP contribution in [0.5, 0.6) is 5.75 Å². The van der Waals surface area contributed by atoms with Gasteiger partial charge in [0.05, 0.1) is 6.10 Å². The van der Waals surface area contributed by atoms with Crippen molar-refractivity contribution in [1.82, 2.24) is 0 Å². The van der Waals surface area contributed by atoms with E-state index in [1.165, 1.54) is 0 Å². The van der Waals surface area contributed by atoms with E-state index in [2.05, 4.69) is 0 Å². The zero-order valence-corrected chi connectivity index (χ0v) is 16.6. The Hall–Kier alpha value is -1.95. The van der Waals surface area contributed by atoms with Gasteiger partial charge in [-0.1, -0.05) is 24.3 Å². The van der Waals surface area contributed by atoms with Gasteiger partial charge in [0.25, 0.3) is 5.92 Å². The highest BCUT2D eigenvalue weighted by Gasteiger charge is 2.38. The SMILES string of the molecule is O=C(O)CCC[C@H]1CC[C@H]2[C@H](CC[C@@H]2/C=C/C(F)(F)COc2ccccc2)OC1. The lowest BCUT2D eigenvalue weighted by Gasteiger charge is -2.21. The molecule has 1 saturated heterocycles. The molecule has 1 aromatic carbocycles. The lowest BCUT2D eigenvalue weighted by molar-refractivity contribution is -0.137. The van der Waals surface area contributed by atoms with Gasteiger partial charge in [-0.3, -0.25) is 4.79 Å². The third-order valence-corrected chi connectivity index (χ3v) is 6.03. The van der Waals surface area contributed by atoms with Crippen LogP contribution in [0.1, 0.15) is 44.9 Å². The summed E-state index contributed by atoms with van der Waals surface area (Å²) in [5, 5.41) is 8.78. The zero-order valence-electron chi connectivity index (χ0n) is 16.6. The van der Waals surface area contributed by atoms with Crippen molar-refractivity contribution in [3.8, 4) is 5.75 Å². The second-order valence-electron chi connectivity index (χ2n) is 8.23. The quantitative estimate of drug-likeness (QED) is 0.561. The Morgan fingerprint density at radius 1 is 1.21 bits per heavy atom. The topological polar surface area (TPSA) is 55.8 Å². The molecule has 0 radical (unpaired) electrons. The van der Waals surface area contributed by atoms with Crippen LogP contribution in [0.4, 0.5) is 8.78 Å². The molecule has 1 heterocycles. The normalized spacial score (nSPS) is 27.5. The molecule has 6 heteroatoms. The van der Waals surface area contributed by atoms with Crippen molar-refractivity contribution >= 4 is 5.97 Å². The van der Waals surface area contributed by atoms with E-state index < -0.39 is 18.5 Å². The third kappa shape index (κ3) is 6.81. The van der Waals surface area contributed by atoms with Crippen LogP contribution in [0.2, 0.25) is 0 Å². The molecule has 0 unspecified atom stereocenters. The maximum absolute atomic E-state index is 14.2. The van der Waals surface area contributed by atoms with Gasteiger partial charge in [0.2, 0.25) is 0 Å². The molecule has 160 valence electrons. The van der Waals surface area contributed by atoms with E-state index in [4.69, 9.17) is 14.6 Å². The van der Waals surface area contributed by atoms with Crippen molar-refractivity contribution in [2.75, 3.05) is 13.2 Å². The number of carbonyl (C=O) groups is 1. The molecule has 1 saturated carbocycles. The van der Waals surface area contributed by atoms with Crippen molar-refractivity contribution in [2.45, 2.75) is 57.0 Å². The number of carboxylic acid groups (broad SMARTS) is 1. The summed E-state index contributed by atoms with van der Waals surface area (Å²) in [5.74, 6) is -2.61. The van der Waals surface area contributed by atoms with E-state index in [0.29, 0.717) is 24.7 Å². The summed E-state index contributed by atoms with van der Waals surface area (Å²) in [6.07, 6.45) is 8.17. The van der Waals surface area contributed by atoms with Crippen molar-refractivity contribution in [3.05, 3.63) is 42.5 Å². The van der Waals surface area contributed by atoms with Crippen LogP contribution in [-0.2, 0) is 9.53 Å². The first-order valence-electron chi connectivity index (χ1n) is 10.5. The zero-order chi connectivity index (χ0) is 20.7. The maximum atomic E-state index is 14.2. The number of benzene rings is 1. The first kappa shape index (κ1) is 21.8. The summed E-state index contributed by atoms with van der Waals surface area (Å²) in [7, 11) is 0. The summed E-state index contributed by atoms with van der Waals surface area (Å²) >= 11 is 0. The average Bonchev–Trinajstić information content (AvgIpc) is 2.98. The minimum Gasteiger partial charge on any atom is -0.487 e. The number of para-hydroxylation sites is 1. The van der Waals surface area contributed by atoms with E-state index in [9.17, 15) is 13.6 Å². The lowest BCUT2D eigenvalue weighted by Crippen LogP contribution is -2.24. The lowest BCUT2D eigenvalue weighted by atomic mass is 9.87. The minimum atomic E-state index is -3.01. The van der Waals surface area contributed by atoms with E-state index in [-0.39, 0.29) is 24.4 Å². The molecule has 4 atom stereocenters. The van der Waals surface area contributed by atoms with Gasteiger partial charge in [-0.05, 0) is 74.5 Å². The Morgan fingerprint density at radius 3 is 2.76 bits per heavy atom.